The van der Waals surface area contributed by atoms with Crippen molar-refractivity contribution in [3.8, 4) is 0 Å². The van der Waals surface area contributed by atoms with Gasteiger partial charge in [0.1, 0.15) is 7.11 Å². The summed E-state index contributed by atoms with van der Waals surface area (Å²) in [6, 6.07) is 10.1. The zero-order chi connectivity index (χ0) is 22.8. The van der Waals surface area contributed by atoms with E-state index in [2.05, 4.69) is 31.1 Å². The highest BCUT2D eigenvalue weighted by atomic mass is 32.2. The van der Waals surface area contributed by atoms with Crippen LogP contribution in [0.4, 0.5) is 0 Å². The van der Waals surface area contributed by atoms with E-state index in [1.165, 1.54) is 25.4 Å². The van der Waals surface area contributed by atoms with Crippen molar-refractivity contribution in [1.29, 1.82) is 0 Å². The number of carbonyl (C=O) groups excluding carboxylic acids is 1. The SMILES string of the molecule is CC.CC.CC.CO/N=C(\C(=O)OC)C1=C(Sc2ccccc2)CC(C)=C(C)C1. The summed E-state index contributed by atoms with van der Waals surface area (Å²) in [7, 11) is 2.79. The predicted octanol–water partition coefficient (Wildman–Crippen LogP) is 7.42. The molecule has 0 saturated carbocycles. The highest BCUT2D eigenvalue weighted by Crippen LogP contribution is 2.40. The Balaban J connectivity index is 0. The van der Waals surface area contributed by atoms with E-state index < -0.39 is 5.97 Å². The monoisotopic (exact) mass is 421 g/mol. The zero-order valence-corrected chi connectivity index (χ0v) is 20.7. The van der Waals surface area contributed by atoms with Crippen LogP contribution in [0.25, 0.3) is 0 Å². The van der Waals surface area contributed by atoms with Crippen LogP contribution in [0, 0.1) is 0 Å². The van der Waals surface area contributed by atoms with Gasteiger partial charge in [-0.1, -0.05) is 87.8 Å². The third-order valence-electron chi connectivity index (χ3n) is 3.76. The molecule has 0 atom stereocenters. The van der Waals surface area contributed by atoms with Gasteiger partial charge < -0.3 is 9.57 Å². The molecule has 1 aliphatic carbocycles. The number of esters is 1. The molecule has 0 N–H and O–H groups in total. The molecule has 0 bridgehead atoms. The number of carbonyl (C=O) groups is 1. The van der Waals surface area contributed by atoms with Crippen LogP contribution < -0.4 is 0 Å². The van der Waals surface area contributed by atoms with Gasteiger partial charge in [-0.15, -0.1) is 0 Å². The van der Waals surface area contributed by atoms with Gasteiger partial charge in [-0.3, -0.25) is 0 Å². The van der Waals surface area contributed by atoms with E-state index in [4.69, 9.17) is 9.57 Å². The number of hydrogen-bond donors (Lipinski definition) is 0. The average Bonchev–Trinajstić information content (AvgIpc) is 2.79. The van der Waals surface area contributed by atoms with Crippen LogP contribution in [0.2, 0.25) is 0 Å². The molecule has 0 aromatic heterocycles. The van der Waals surface area contributed by atoms with E-state index >= 15 is 0 Å². The van der Waals surface area contributed by atoms with Crippen molar-refractivity contribution in [1.82, 2.24) is 0 Å². The molecule has 5 heteroatoms. The van der Waals surface area contributed by atoms with Crippen LogP contribution >= 0.6 is 11.8 Å². The van der Waals surface area contributed by atoms with Gasteiger partial charge in [0.15, 0.2) is 5.71 Å². The van der Waals surface area contributed by atoms with E-state index in [0.29, 0.717) is 6.42 Å². The van der Waals surface area contributed by atoms with E-state index in [1.807, 2.05) is 59.7 Å². The largest absolute Gasteiger partial charge is 0.464 e. The van der Waals surface area contributed by atoms with Crippen molar-refractivity contribution >= 4 is 23.4 Å². The molecule has 4 nitrogen and oxygen atoms in total. The Morgan fingerprint density at radius 3 is 1.90 bits per heavy atom. The van der Waals surface area contributed by atoms with Crippen molar-refractivity contribution in [2.45, 2.75) is 73.1 Å². The van der Waals surface area contributed by atoms with Crippen molar-refractivity contribution in [3.05, 3.63) is 52.0 Å². The second kappa shape index (κ2) is 18.0. The number of benzene rings is 1. The molecule has 1 aromatic rings. The number of rotatable bonds is 5. The standard InChI is InChI=1S/C18H21NO3S.3C2H6/c1-12-10-15(17(19-22-4)18(20)21-3)16(11-13(12)2)23-14-8-6-5-7-9-14;3*1-2/h5-9H,10-11H2,1-4H3;3*1-2H3/b19-17-;;;. The molecule has 164 valence electrons. The number of hydrogen-bond acceptors (Lipinski definition) is 5. The smallest absolute Gasteiger partial charge is 0.360 e. The molecule has 2 rings (SSSR count). The van der Waals surface area contributed by atoms with E-state index in [9.17, 15) is 4.79 Å². The van der Waals surface area contributed by atoms with Gasteiger partial charge in [0, 0.05) is 16.9 Å². The zero-order valence-electron chi connectivity index (χ0n) is 19.9. The van der Waals surface area contributed by atoms with Crippen molar-refractivity contribution in [2.24, 2.45) is 5.16 Å². The molecular weight excluding hydrogens is 382 g/mol. The summed E-state index contributed by atoms with van der Waals surface area (Å²) in [4.78, 5) is 19.2. The fourth-order valence-electron chi connectivity index (χ4n) is 2.36. The first-order valence-corrected chi connectivity index (χ1v) is 11.2. The lowest BCUT2D eigenvalue weighted by Crippen LogP contribution is -2.21. The number of thioether (sulfide) groups is 1. The maximum Gasteiger partial charge on any atom is 0.360 e. The van der Waals surface area contributed by atoms with Gasteiger partial charge in [-0.2, -0.15) is 0 Å². The molecule has 0 fully saturated rings. The third kappa shape index (κ3) is 9.84. The Morgan fingerprint density at radius 2 is 1.41 bits per heavy atom. The Morgan fingerprint density at radius 1 is 0.897 bits per heavy atom. The van der Waals surface area contributed by atoms with Crippen molar-refractivity contribution < 1.29 is 14.4 Å². The first-order valence-electron chi connectivity index (χ1n) is 10.4. The van der Waals surface area contributed by atoms with E-state index in [-0.39, 0.29) is 5.71 Å². The summed E-state index contributed by atoms with van der Waals surface area (Å²) in [5.74, 6) is -0.472. The summed E-state index contributed by atoms with van der Waals surface area (Å²) in [6.45, 7) is 16.2. The first kappa shape index (κ1) is 29.2. The normalized spacial score (nSPS) is 13.1. The fraction of sp³-hybridized carbons (Fsp3) is 0.500. The Bertz CT molecular complexity index is 677. The summed E-state index contributed by atoms with van der Waals surface area (Å²) in [6.07, 6.45) is 1.48. The van der Waals surface area contributed by atoms with Gasteiger partial charge in [0.05, 0.1) is 7.11 Å². The number of ether oxygens (including phenoxy) is 1. The summed E-state index contributed by atoms with van der Waals surface area (Å²) in [5, 5.41) is 3.92. The van der Waals surface area contributed by atoms with Gasteiger partial charge in [0.25, 0.3) is 0 Å². The average molecular weight is 422 g/mol. The molecule has 0 unspecified atom stereocenters. The van der Waals surface area contributed by atoms with Gasteiger partial charge in [-0.05, 0) is 37.3 Å². The van der Waals surface area contributed by atoms with Crippen LogP contribution in [-0.4, -0.2) is 25.9 Å². The van der Waals surface area contributed by atoms with Gasteiger partial charge >= 0.3 is 5.97 Å². The quantitative estimate of drug-likeness (QED) is 0.215. The molecular formula is C24H39NO3S. The molecule has 0 spiro atoms. The third-order valence-corrected chi connectivity index (χ3v) is 4.91. The Kier molecular flexibility index (Phi) is 18.2. The minimum atomic E-state index is -0.472. The van der Waals surface area contributed by atoms with Crippen LogP contribution in [0.1, 0.15) is 68.2 Å². The second-order valence-corrected chi connectivity index (χ2v) is 6.51. The Labute approximate surface area is 182 Å². The number of allylic oxidation sites excluding steroid dienone is 3. The maximum absolute atomic E-state index is 12.1. The van der Waals surface area contributed by atoms with E-state index in [0.717, 1.165) is 21.8 Å². The summed E-state index contributed by atoms with van der Waals surface area (Å²) >= 11 is 1.66. The number of oxime groups is 1. The van der Waals surface area contributed by atoms with Crippen LogP contribution in [0.15, 0.2) is 62.0 Å². The van der Waals surface area contributed by atoms with Gasteiger partial charge in [-0.25, -0.2) is 4.79 Å². The van der Waals surface area contributed by atoms with Crippen LogP contribution in [0.3, 0.4) is 0 Å². The van der Waals surface area contributed by atoms with Crippen LogP contribution in [0.5, 0.6) is 0 Å². The molecule has 29 heavy (non-hydrogen) atoms. The highest BCUT2D eigenvalue weighted by molar-refractivity contribution is 8.03. The van der Waals surface area contributed by atoms with Crippen molar-refractivity contribution in [3.63, 3.8) is 0 Å². The Hall–Kier alpha value is -2.01. The first-order chi connectivity index (χ1) is 14.1. The molecule has 1 aliphatic rings. The molecule has 0 heterocycles. The lowest BCUT2D eigenvalue weighted by atomic mass is 9.90. The predicted molar refractivity (Wildman–Crippen MR) is 127 cm³/mol. The minimum Gasteiger partial charge on any atom is -0.464 e. The molecule has 0 amide bonds. The minimum absolute atomic E-state index is 0.250. The fourth-order valence-corrected chi connectivity index (χ4v) is 3.52. The number of nitrogens with zero attached hydrogens (tertiary/aromatic N) is 1. The second-order valence-electron chi connectivity index (χ2n) is 5.35. The highest BCUT2D eigenvalue weighted by Gasteiger charge is 2.26. The summed E-state index contributed by atoms with van der Waals surface area (Å²) < 4.78 is 4.87. The summed E-state index contributed by atoms with van der Waals surface area (Å²) in [5.41, 5.74) is 3.72. The molecule has 0 radical (unpaired) electrons. The topological polar surface area (TPSA) is 47.9 Å². The lowest BCUT2D eigenvalue weighted by Gasteiger charge is -2.22. The van der Waals surface area contributed by atoms with Crippen molar-refractivity contribution in [2.75, 3.05) is 14.2 Å². The van der Waals surface area contributed by atoms with Crippen LogP contribution in [-0.2, 0) is 14.4 Å². The van der Waals surface area contributed by atoms with E-state index in [1.54, 1.807) is 11.8 Å². The maximum atomic E-state index is 12.1. The molecule has 0 aliphatic heterocycles. The van der Waals surface area contributed by atoms with Gasteiger partial charge in [0.2, 0.25) is 0 Å². The molecule has 1 aromatic carbocycles. The molecule has 0 saturated heterocycles. The number of methoxy groups -OCH3 is 1. The lowest BCUT2D eigenvalue weighted by molar-refractivity contribution is -0.132.